The first-order chi connectivity index (χ1) is 9.01. The van der Waals surface area contributed by atoms with Crippen molar-refractivity contribution in [2.45, 2.75) is 45.4 Å². The van der Waals surface area contributed by atoms with Crippen molar-refractivity contribution in [2.24, 2.45) is 0 Å². The van der Waals surface area contributed by atoms with E-state index in [0.717, 1.165) is 18.4 Å². The van der Waals surface area contributed by atoms with Crippen molar-refractivity contribution < 1.29 is 13.5 Å². The second-order valence-corrected chi connectivity index (χ2v) is 4.65. The molecular weight excluding hydrogens is 248 g/mol. The summed E-state index contributed by atoms with van der Waals surface area (Å²) in [7, 11) is 0. The Kier molecular flexibility index (Phi) is 6.50. The van der Waals surface area contributed by atoms with Gasteiger partial charge in [0.25, 0.3) is 0 Å². The predicted molar refractivity (Wildman–Crippen MR) is 73.7 cm³/mol. The zero-order chi connectivity index (χ0) is 14.3. The monoisotopic (exact) mass is 269 g/mol. The van der Waals surface area contributed by atoms with Crippen LogP contribution < -0.4 is 10.1 Å². The summed E-state index contributed by atoms with van der Waals surface area (Å²) < 4.78 is 28.3. The number of hydrogen-bond donors (Lipinski definition) is 1. The maximum atomic E-state index is 12.0. The standard InChI is InChI=1S/C15H21F2NO/c1-4-11(2)18-12(3)5-6-13-7-9-14(10-8-13)19-15(16)17/h4,7-12,15,18H,1,5-6H2,2-3H3. The third-order valence-corrected chi connectivity index (χ3v) is 2.92. The highest BCUT2D eigenvalue weighted by Gasteiger charge is 2.06. The average Bonchev–Trinajstić information content (AvgIpc) is 2.37. The maximum absolute atomic E-state index is 12.0. The smallest absolute Gasteiger partial charge is 0.387 e. The van der Waals surface area contributed by atoms with Gasteiger partial charge in [0.05, 0.1) is 0 Å². The molecule has 0 heterocycles. The second-order valence-electron chi connectivity index (χ2n) is 4.65. The Bertz CT molecular complexity index is 378. The van der Waals surface area contributed by atoms with E-state index in [9.17, 15) is 8.78 Å². The van der Waals surface area contributed by atoms with Crippen LogP contribution >= 0.6 is 0 Å². The molecule has 0 aliphatic heterocycles. The fourth-order valence-electron chi connectivity index (χ4n) is 1.82. The molecule has 0 fully saturated rings. The lowest BCUT2D eigenvalue weighted by atomic mass is 10.1. The zero-order valence-electron chi connectivity index (χ0n) is 11.4. The van der Waals surface area contributed by atoms with Gasteiger partial charge < -0.3 is 10.1 Å². The molecule has 2 nitrogen and oxygen atoms in total. The topological polar surface area (TPSA) is 21.3 Å². The molecule has 1 aromatic carbocycles. The fourth-order valence-corrected chi connectivity index (χ4v) is 1.82. The molecule has 1 N–H and O–H groups in total. The van der Waals surface area contributed by atoms with E-state index in [0.29, 0.717) is 6.04 Å². The summed E-state index contributed by atoms with van der Waals surface area (Å²) in [6.07, 6.45) is 3.74. The molecule has 0 saturated heterocycles. The largest absolute Gasteiger partial charge is 0.435 e. The van der Waals surface area contributed by atoms with Crippen LogP contribution in [0.15, 0.2) is 36.9 Å². The van der Waals surface area contributed by atoms with Crippen LogP contribution in [0.2, 0.25) is 0 Å². The number of halogens is 2. The normalized spacial score (nSPS) is 14.2. The molecule has 0 aromatic heterocycles. The summed E-state index contributed by atoms with van der Waals surface area (Å²) in [5.74, 6) is 0.199. The van der Waals surface area contributed by atoms with E-state index in [2.05, 4.69) is 30.5 Å². The van der Waals surface area contributed by atoms with Gasteiger partial charge in [-0.05, 0) is 44.4 Å². The number of hydrogen-bond acceptors (Lipinski definition) is 2. The molecule has 0 bridgehead atoms. The molecule has 0 amide bonds. The van der Waals surface area contributed by atoms with Gasteiger partial charge in [-0.15, -0.1) is 6.58 Å². The van der Waals surface area contributed by atoms with E-state index in [1.807, 2.05) is 18.2 Å². The van der Waals surface area contributed by atoms with Crippen LogP contribution in [-0.2, 0) is 6.42 Å². The van der Waals surface area contributed by atoms with Gasteiger partial charge in [-0.2, -0.15) is 8.78 Å². The Morgan fingerprint density at radius 3 is 2.42 bits per heavy atom. The van der Waals surface area contributed by atoms with E-state index in [1.54, 1.807) is 12.1 Å². The highest BCUT2D eigenvalue weighted by Crippen LogP contribution is 2.16. The van der Waals surface area contributed by atoms with Crippen molar-refractivity contribution in [2.75, 3.05) is 0 Å². The molecular formula is C15H21F2NO. The van der Waals surface area contributed by atoms with Gasteiger partial charge in [0.15, 0.2) is 0 Å². The third-order valence-electron chi connectivity index (χ3n) is 2.92. The summed E-state index contributed by atoms with van der Waals surface area (Å²) in [5.41, 5.74) is 1.11. The number of ether oxygens (including phenoxy) is 1. The first-order valence-electron chi connectivity index (χ1n) is 6.43. The van der Waals surface area contributed by atoms with E-state index < -0.39 is 6.61 Å². The quantitative estimate of drug-likeness (QED) is 0.725. The van der Waals surface area contributed by atoms with E-state index in [-0.39, 0.29) is 11.8 Å². The van der Waals surface area contributed by atoms with E-state index in [1.165, 1.54) is 0 Å². The van der Waals surface area contributed by atoms with E-state index >= 15 is 0 Å². The minimum absolute atomic E-state index is 0.199. The lowest BCUT2D eigenvalue weighted by Gasteiger charge is -2.17. The summed E-state index contributed by atoms with van der Waals surface area (Å²) in [6.45, 7) is 5.13. The summed E-state index contributed by atoms with van der Waals surface area (Å²) in [4.78, 5) is 0. The third kappa shape index (κ3) is 6.34. The fraction of sp³-hybridized carbons (Fsp3) is 0.467. The Hall–Kier alpha value is -1.42. The van der Waals surface area contributed by atoms with Crippen molar-refractivity contribution in [1.82, 2.24) is 5.32 Å². The number of rotatable bonds is 8. The molecule has 4 heteroatoms. The van der Waals surface area contributed by atoms with Crippen molar-refractivity contribution in [3.8, 4) is 5.75 Å². The predicted octanol–water partition coefficient (Wildman–Crippen LogP) is 3.77. The molecule has 0 aliphatic carbocycles. The molecule has 0 radical (unpaired) electrons. The van der Waals surface area contributed by atoms with Crippen LogP contribution in [0, 0.1) is 0 Å². The highest BCUT2D eigenvalue weighted by molar-refractivity contribution is 5.27. The van der Waals surface area contributed by atoms with E-state index in [4.69, 9.17) is 0 Å². The molecule has 1 rings (SSSR count). The molecule has 2 unspecified atom stereocenters. The van der Waals surface area contributed by atoms with Gasteiger partial charge in [0.1, 0.15) is 5.75 Å². The Morgan fingerprint density at radius 2 is 1.89 bits per heavy atom. The number of aryl methyl sites for hydroxylation is 1. The first kappa shape index (κ1) is 15.6. The molecule has 0 saturated carbocycles. The van der Waals surface area contributed by atoms with Crippen LogP contribution in [-0.4, -0.2) is 18.7 Å². The van der Waals surface area contributed by atoms with Crippen LogP contribution in [0.25, 0.3) is 0 Å². The number of nitrogens with one attached hydrogen (secondary N) is 1. The minimum atomic E-state index is -2.77. The van der Waals surface area contributed by atoms with Gasteiger partial charge in [0.2, 0.25) is 0 Å². The van der Waals surface area contributed by atoms with Crippen LogP contribution in [0.4, 0.5) is 8.78 Å². The van der Waals surface area contributed by atoms with Crippen LogP contribution in [0.3, 0.4) is 0 Å². The SMILES string of the molecule is C=CC(C)NC(C)CCc1ccc(OC(F)F)cc1. The molecule has 106 valence electrons. The molecule has 0 spiro atoms. The second kappa shape index (κ2) is 7.89. The summed E-state index contributed by atoms with van der Waals surface area (Å²) in [6, 6.07) is 7.46. The van der Waals surface area contributed by atoms with Gasteiger partial charge >= 0.3 is 6.61 Å². The van der Waals surface area contributed by atoms with Crippen molar-refractivity contribution in [3.63, 3.8) is 0 Å². The zero-order valence-corrected chi connectivity index (χ0v) is 11.4. The summed E-state index contributed by atoms with van der Waals surface area (Å²) in [5, 5.41) is 3.40. The highest BCUT2D eigenvalue weighted by atomic mass is 19.3. The Morgan fingerprint density at radius 1 is 1.26 bits per heavy atom. The van der Waals surface area contributed by atoms with Crippen LogP contribution in [0.5, 0.6) is 5.75 Å². The van der Waals surface area contributed by atoms with Crippen molar-refractivity contribution in [1.29, 1.82) is 0 Å². The number of alkyl halides is 2. The van der Waals surface area contributed by atoms with Gasteiger partial charge in [-0.1, -0.05) is 18.2 Å². The Labute approximate surface area is 113 Å². The Balaban J connectivity index is 2.39. The summed E-state index contributed by atoms with van der Waals surface area (Å²) >= 11 is 0. The molecule has 0 aliphatic rings. The van der Waals surface area contributed by atoms with Gasteiger partial charge in [-0.3, -0.25) is 0 Å². The molecule has 1 aromatic rings. The molecule has 2 atom stereocenters. The molecule has 19 heavy (non-hydrogen) atoms. The maximum Gasteiger partial charge on any atom is 0.387 e. The minimum Gasteiger partial charge on any atom is -0.435 e. The van der Waals surface area contributed by atoms with Crippen molar-refractivity contribution >= 4 is 0 Å². The lowest BCUT2D eigenvalue weighted by molar-refractivity contribution is -0.0498. The van der Waals surface area contributed by atoms with Crippen molar-refractivity contribution in [3.05, 3.63) is 42.5 Å². The lowest BCUT2D eigenvalue weighted by Crippen LogP contribution is -2.33. The van der Waals surface area contributed by atoms with Gasteiger partial charge in [0, 0.05) is 12.1 Å². The number of benzene rings is 1. The van der Waals surface area contributed by atoms with Crippen LogP contribution in [0.1, 0.15) is 25.8 Å². The van der Waals surface area contributed by atoms with Gasteiger partial charge in [-0.25, -0.2) is 0 Å². The average molecular weight is 269 g/mol. The first-order valence-corrected chi connectivity index (χ1v) is 6.43.